The largest absolute Gasteiger partial charge is 0.411 e. The predicted molar refractivity (Wildman–Crippen MR) is 276 cm³/mol. The third-order valence-corrected chi connectivity index (χ3v) is 24.7. The maximum Gasteiger partial charge on any atom is 0.330 e. The minimum absolute atomic E-state index is 0.0486. The summed E-state index contributed by atoms with van der Waals surface area (Å²) in [5, 5.41) is 4.48. The van der Waals surface area contributed by atoms with Crippen LogP contribution in [0.2, 0.25) is 23.2 Å². The molecule has 372 valence electrons. The number of rotatable bonds is 16. The average Bonchev–Trinajstić information content (AvgIpc) is 4.04. The molecule has 70 heavy (non-hydrogen) atoms. The molecule has 3 N–H and O–H groups in total. The highest BCUT2D eigenvalue weighted by Gasteiger charge is 2.52. The second kappa shape index (κ2) is 20.3. The van der Waals surface area contributed by atoms with Crippen LogP contribution in [0.5, 0.6) is 0 Å². The monoisotopic (exact) mass is 1030 g/mol. The summed E-state index contributed by atoms with van der Waals surface area (Å²) in [6, 6.07) is 29.3. The molecule has 7 atom stereocenters. The number of H-pyrrole nitrogens is 1. The Bertz CT molecular complexity index is 2930. The van der Waals surface area contributed by atoms with E-state index in [4.69, 9.17) is 39.2 Å². The number of carbonyl (C=O) groups excluding carboxylic acids is 1. The molecule has 2 saturated heterocycles. The van der Waals surface area contributed by atoms with Crippen molar-refractivity contribution >= 4 is 68.4 Å². The minimum Gasteiger partial charge on any atom is -0.411 e. The van der Waals surface area contributed by atoms with Crippen molar-refractivity contribution in [2.24, 2.45) is 0 Å². The molecule has 17 nitrogen and oxygen atoms in total. The Hall–Kier alpha value is -4.84. The zero-order chi connectivity index (χ0) is 50.2. The van der Waals surface area contributed by atoms with Gasteiger partial charge in [0.1, 0.15) is 31.0 Å². The van der Waals surface area contributed by atoms with Crippen molar-refractivity contribution in [1.82, 2.24) is 29.1 Å². The van der Waals surface area contributed by atoms with Gasteiger partial charge < -0.3 is 37.6 Å². The molecule has 2 fully saturated rings. The Morgan fingerprint density at radius 2 is 1.40 bits per heavy atom. The molecule has 0 bridgehead atoms. The minimum atomic E-state index is -4.10. The van der Waals surface area contributed by atoms with E-state index in [2.05, 4.69) is 104 Å². The van der Waals surface area contributed by atoms with Gasteiger partial charge >= 0.3 is 12.4 Å². The molecule has 21 heteroatoms. The Kier molecular flexibility index (Phi) is 15.0. The number of carbonyl (C=O) groups is 1. The summed E-state index contributed by atoms with van der Waals surface area (Å²) in [5.74, 6) is -0.131. The van der Waals surface area contributed by atoms with Crippen LogP contribution in [0.4, 0.5) is 5.82 Å². The van der Waals surface area contributed by atoms with Crippen molar-refractivity contribution in [2.75, 3.05) is 18.5 Å². The first-order valence-corrected chi connectivity index (χ1v) is 30.7. The van der Waals surface area contributed by atoms with Gasteiger partial charge in [-0.1, -0.05) is 120 Å². The number of benzene rings is 3. The molecule has 5 heterocycles. The van der Waals surface area contributed by atoms with Crippen LogP contribution < -0.4 is 26.9 Å². The summed E-state index contributed by atoms with van der Waals surface area (Å²) < 4.78 is 43.4. The fourth-order valence-electron chi connectivity index (χ4n) is 8.89. The molecule has 1 unspecified atom stereocenters. The normalized spacial score (nSPS) is 22.0. The van der Waals surface area contributed by atoms with Crippen molar-refractivity contribution in [3.8, 4) is 0 Å². The fraction of sp³-hybridized carbons (Fsp3) is 0.429. The Balaban J connectivity index is 1.09. The number of nitrogens with one attached hydrogen (secondary N) is 2. The lowest BCUT2D eigenvalue weighted by molar-refractivity contribution is -0.0496. The van der Waals surface area contributed by atoms with E-state index in [9.17, 15) is 19.3 Å². The lowest BCUT2D eigenvalue weighted by Crippen LogP contribution is -2.67. The summed E-state index contributed by atoms with van der Waals surface area (Å²) in [5.41, 5.74) is 0.450. The summed E-state index contributed by atoms with van der Waals surface area (Å²) in [6.45, 7) is 14.5. The first-order chi connectivity index (χ1) is 33.1. The van der Waals surface area contributed by atoms with Crippen LogP contribution in [-0.4, -0.2) is 94.1 Å². The van der Waals surface area contributed by atoms with Crippen LogP contribution in [0, 0.1) is 6.92 Å². The Labute approximate surface area is 414 Å². The van der Waals surface area contributed by atoms with E-state index in [-0.39, 0.29) is 47.9 Å². The molecule has 0 aliphatic carbocycles. The van der Waals surface area contributed by atoms with Gasteiger partial charge in [-0.05, 0) is 64.4 Å². The molecule has 2 aliphatic rings. The summed E-state index contributed by atoms with van der Waals surface area (Å²) in [7, 11) is -5.52. The molecule has 3 aromatic carbocycles. The lowest BCUT2D eigenvalue weighted by Gasteiger charge is -2.43. The molecule has 8 rings (SSSR count). The maximum absolute atomic E-state index is 13.2. The SMILES string of the molecule is Cc1cn([C@H]2C[C@H](O[Si](C)(C)C(C)(C)C)[C@@H](COP(O)(=S)O[C@H]3C[C@H](n4cnc5c(NC(=O)c6ccccc6)ncnc54)O[C@@H]3CO[Si](c3ccccc3)(c3ccccc3)C(C)(C)C)O2)c(=O)[nH]c1=O. The predicted octanol–water partition coefficient (Wildman–Crippen LogP) is 7.10. The number of aromatic amines is 1. The van der Waals surface area contributed by atoms with Gasteiger partial charge in [-0.25, -0.2) is 19.7 Å². The molecule has 1 amide bonds. The number of nitrogens with zero attached hydrogens (tertiary/aromatic N) is 5. The molecule has 2 aliphatic heterocycles. The second-order valence-corrected chi connectivity index (χ2v) is 32.2. The number of hydrogen-bond acceptors (Lipinski definition) is 13. The van der Waals surface area contributed by atoms with E-state index in [1.165, 1.54) is 17.1 Å². The van der Waals surface area contributed by atoms with Crippen molar-refractivity contribution in [2.45, 2.75) is 121 Å². The van der Waals surface area contributed by atoms with E-state index in [1.807, 2.05) is 42.5 Å². The maximum atomic E-state index is 13.2. The Morgan fingerprint density at radius 3 is 2.00 bits per heavy atom. The standard InChI is InChI=1S/C49H62N7O10PSSi2/c1-32-27-55(47(59)54-45(32)57)40-26-37(66-69(8,9)48(2,3)4)38(63-40)28-61-67(60,68)65-36-25-41(56-31-52-42-43(50-30-51-44(42)56)53-46(58)33-19-13-10-14-20-33)64-39(36)29-62-70(49(5,6)7,34-21-15-11-16-22-34)35-23-17-12-18-24-35/h10-24,27,30-31,36-41H,25-26,28-29H2,1-9H3,(H,60,68)(H,54,57,59)(H,50,51,53,58)/t36-,37-,38+,39+,40+,41+,67?/m0/s1. The number of anilines is 1. The zero-order valence-corrected chi connectivity index (χ0v) is 44.6. The van der Waals surface area contributed by atoms with Gasteiger partial charge in [-0.15, -0.1) is 0 Å². The number of aromatic nitrogens is 6. The van der Waals surface area contributed by atoms with Crippen molar-refractivity contribution in [3.05, 3.63) is 142 Å². The van der Waals surface area contributed by atoms with Gasteiger partial charge in [0.25, 0.3) is 19.8 Å². The van der Waals surface area contributed by atoms with Crippen LogP contribution >= 0.6 is 6.72 Å². The number of imidazole rings is 1. The molecular weight excluding hydrogens is 966 g/mol. The smallest absolute Gasteiger partial charge is 0.330 e. The number of fused-ring (bicyclic) bond motifs is 1. The summed E-state index contributed by atoms with van der Waals surface area (Å²) in [6.07, 6.45) is 0.324. The number of aryl methyl sites for hydroxylation is 1. The molecule has 3 aromatic heterocycles. The molecule has 6 aromatic rings. The zero-order valence-electron chi connectivity index (χ0n) is 40.9. The number of ether oxygens (including phenoxy) is 2. The van der Waals surface area contributed by atoms with Gasteiger partial charge in [-0.2, -0.15) is 0 Å². The highest BCUT2D eigenvalue weighted by Crippen LogP contribution is 2.51. The molecule has 0 radical (unpaired) electrons. The van der Waals surface area contributed by atoms with Crippen molar-refractivity contribution in [1.29, 1.82) is 0 Å². The average molecular weight is 1030 g/mol. The number of amides is 1. The molecule has 0 spiro atoms. The van der Waals surface area contributed by atoms with E-state index < -0.39 is 71.5 Å². The van der Waals surface area contributed by atoms with Crippen molar-refractivity contribution < 1.29 is 37.1 Å². The first-order valence-electron chi connectivity index (χ1n) is 23.3. The third kappa shape index (κ3) is 10.8. The molecule has 0 saturated carbocycles. The highest BCUT2D eigenvalue weighted by molar-refractivity contribution is 8.07. The van der Waals surface area contributed by atoms with Crippen LogP contribution in [0.1, 0.15) is 82.8 Å². The van der Waals surface area contributed by atoms with Crippen LogP contribution in [0.25, 0.3) is 11.2 Å². The topological polar surface area (TPSA) is 203 Å². The van der Waals surface area contributed by atoms with E-state index in [0.717, 1.165) is 10.4 Å². The summed E-state index contributed by atoms with van der Waals surface area (Å²) >= 11 is 5.81. The van der Waals surface area contributed by atoms with Crippen LogP contribution in [0.3, 0.4) is 0 Å². The van der Waals surface area contributed by atoms with Gasteiger partial charge in [0.15, 0.2) is 25.3 Å². The first kappa shape index (κ1) is 51.5. The highest BCUT2D eigenvalue weighted by atomic mass is 32.5. The number of hydrogen-bond donors (Lipinski definition) is 3. The van der Waals surface area contributed by atoms with Gasteiger partial charge in [0, 0.05) is 30.2 Å². The van der Waals surface area contributed by atoms with E-state index in [1.54, 1.807) is 42.1 Å². The quantitative estimate of drug-likeness (QED) is 0.0655. The Morgan fingerprint density at radius 1 is 0.829 bits per heavy atom. The summed E-state index contributed by atoms with van der Waals surface area (Å²) in [4.78, 5) is 66.5. The van der Waals surface area contributed by atoms with Crippen LogP contribution in [-0.2, 0) is 39.2 Å². The van der Waals surface area contributed by atoms with E-state index >= 15 is 0 Å². The van der Waals surface area contributed by atoms with Gasteiger partial charge in [0.05, 0.1) is 31.7 Å². The van der Waals surface area contributed by atoms with E-state index in [0.29, 0.717) is 22.3 Å². The fourth-order valence-corrected chi connectivity index (χ4v) is 16.3. The van der Waals surface area contributed by atoms with Crippen molar-refractivity contribution in [3.63, 3.8) is 0 Å². The van der Waals surface area contributed by atoms with Gasteiger partial charge in [-0.3, -0.25) is 23.7 Å². The van der Waals surface area contributed by atoms with Crippen LogP contribution in [0.15, 0.2) is 119 Å². The van der Waals surface area contributed by atoms with Gasteiger partial charge in [0.2, 0.25) is 0 Å². The molecular formula is C49H62N7O10PSSi2. The second-order valence-electron chi connectivity index (χ2n) is 20.4. The lowest BCUT2D eigenvalue weighted by atomic mass is 10.2. The third-order valence-electron chi connectivity index (χ3n) is 13.6.